The van der Waals surface area contributed by atoms with Crippen molar-refractivity contribution in [1.82, 2.24) is 5.32 Å². The highest BCUT2D eigenvalue weighted by molar-refractivity contribution is 5.78. The first-order valence-electron chi connectivity index (χ1n) is 5.72. The van der Waals surface area contributed by atoms with Gasteiger partial charge in [0.2, 0.25) is 5.91 Å². The van der Waals surface area contributed by atoms with Crippen molar-refractivity contribution >= 4 is 5.91 Å². The molecule has 0 aromatic heterocycles. The molecule has 1 aromatic carbocycles. The number of amides is 1. The van der Waals surface area contributed by atoms with Gasteiger partial charge in [0, 0.05) is 0 Å². The van der Waals surface area contributed by atoms with E-state index in [1.807, 2.05) is 31.2 Å². The Labute approximate surface area is 102 Å². The third-order valence-corrected chi connectivity index (χ3v) is 2.60. The van der Waals surface area contributed by atoms with E-state index >= 15 is 0 Å². The molecule has 0 saturated heterocycles. The van der Waals surface area contributed by atoms with Gasteiger partial charge < -0.3 is 15.2 Å². The fraction of sp³-hybridized carbons (Fsp3) is 0.462. The Morgan fingerprint density at radius 2 is 2.06 bits per heavy atom. The predicted octanol–water partition coefficient (Wildman–Crippen LogP) is 1.12. The van der Waals surface area contributed by atoms with Crippen LogP contribution in [-0.4, -0.2) is 30.8 Å². The average molecular weight is 237 g/mol. The van der Waals surface area contributed by atoms with Crippen LogP contribution in [0, 0.1) is 0 Å². The van der Waals surface area contributed by atoms with Crippen LogP contribution in [-0.2, 0) is 11.2 Å². The van der Waals surface area contributed by atoms with Crippen molar-refractivity contribution in [1.29, 1.82) is 0 Å². The van der Waals surface area contributed by atoms with Crippen LogP contribution >= 0.6 is 0 Å². The number of ether oxygens (including phenoxy) is 1. The molecule has 0 aliphatic rings. The van der Waals surface area contributed by atoms with Crippen molar-refractivity contribution < 1.29 is 14.6 Å². The maximum atomic E-state index is 11.6. The number of hydrogen-bond acceptors (Lipinski definition) is 3. The number of nitrogens with one attached hydrogen (secondary N) is 1. The standard InChI is InChI=1S/C13H19NO3/c1-3-11(9-15)14-13(16)8-10-4-6-12(17-2)7-5-10/h4-7,11,15H,3,8-9H2,1-2H3,(H,14,16)/t11-/m0/s1. The van der Waals surface area contributed by atoms with Crippen molar-refractivity contribution in [2.75, 3.05) is 13.7 Å². The van der Waals surface area contributed by atoms with Gasteiger partial charge in [0.25, 0.3) is 0 Å². The number of aliphatic hydroxyl groups excluding tert-OH is 1. The number of hydrogen-bond donors (Lipinski definition) is 2. The third-order valence-electron chi connectivity index (χ3n) is 2.60. The van der Waals surface area contributed by atoms with Gasteiger partial charge >= 0.3 is 0 Å². The molecule has 0 heterocycles. The Morgan fingerprint density at radius 3 is 2.53 bits per heavy atom. The lowest BCUT2D eigenvalue weighted by Gasteiger charge is -2.13. The van der Waals surface area contributed by atoms with Gasteiger partial charge in [-0.3, -0.25) is 4.79 Å². The van der Waals surface area contributed by atoms with Gasteiger partial charge in [0.05, 0.1) is 26.2 Å². The topological polar surface area (TPSA) is 58.6 Å². The summed E-state index contributed by atoms with van der Waals surface area (Å²) in [5.41, 5.74) is 0.927. The van der Waals surface area contributed by atoms with Gasteiger partial charge in [-0.2, -0.15) is 0 Å². The molecule has 0 bridgehead atoms. The lowest BCUT2D eigenvalue weighted by Crippen LogP contribution is -2.37. The Balaban J connectivity index is 2.49. The van der Waals surface area contributed by atoms with Crippen LogP contribution in [0.2, 0.25) is 0 Å². The molecule has 1 aromatic rings. The second kappa shape index (κ2) is 6.91. The fourth-order valence-corrected chi connectivity index (χ4v) is 1.48. The normalized spacial score (nSPS) is 11.9. The molecule has 4 nitrogen and oxygen atoms in total. The van der Waals surface area contributed by atoms with Gasteiger partial charge in [0.1, 0.15) is 5.75 Å². The minimum absolute atomic E-state index is 0.0230. The molecule has 1 atom stereocenters. The molecule has 94 valence electrons. The SMILES string of the molecule is CC[C@@H](CO)NC(=O)Cc1ccc(OC)cc1. The number of methoxy groups -OCH3 is 1. The molecule has 0 saturated carbocycles. The molecule has 0 spiro atoms. The molecule has 1 amide bonds. The fourth-order valence-electron chi connectivity index (χ4n) is 1.48. The van der Waals surface area contributed by atoms with Gasteiger partial charge in [-0.05, 0) is 24.1 Å². The zero-order valence-electron chi connectivity index (χ0n) is 10.3. The van der Waals surface area contributed by atoms with E-state index in [-0.39, 0.29) is 18.6 Å². The highest BCUT2D eigenvalue weighted by Crippen LogP contribution is 2.11. The van der Waals surface area contributed by atoms with Crippen molar-refractivity contribution in [2.45, 2.75) is 25.8 Å². The highest BCUT2D eigenvalue weighted by Gasteiger charge is 2.09. The van der Waals surface area contributed by atoms with Gasteiger partial charge in [-0.1, -0.05) is 19.1 Å². The number of carbonyl (C=O) groups excluding carboxylic acids is 1. The van der Waals surface area contributed by atoms with Gasteiger partial charge in [-0.15, -0.1) is 0 Å². The molecule has 0 aliphatic heterocycles. The highest BCUT2D eigenvalue weighted by atomic mass is 16.5. The van der Waals surface area contributed by atoms with Crippen molar-refractivity contribution in [3.63, 3.8) is 0 Å². The summed E-state index contributed by atoms with van der Waals surface area (Å²) >= 11 is 0. The van der Waals surface area contributed by atoms with Crippen LogP contribution in [0.25, 0.3) is 0 Å². The zero-order chi connectivity index (χ0) is 12.7. The molecule has 0 fully saturated rings. The Hall–Kier alpha value is -1.55. The lowest BCUT2D eigenvalue weighted by atomic mass is 10.1. The first-order valence-corrected chi connectivity index (χ1v) is 5.72. The van der Waals surface area contributed by atoms with Gasteiger partial charge in [-0.25, -0.2) is 0 Å². The van der Waals surface area contributed by atoms with E-state index in [1.165, 1.54) is 0 Å². The van der Waals surface area contributed by atoms with Crippen LogP contribution in [0.1, 0.15) is 18.9 Å². The minimum atomic E-state index is -0.152. The Bertz CT molecular complexity index is 344. The summed E-state index contributed by atoms with van der Waals surface area (Å²) in [4.78, 5) is 11.6. The van der Waals surface area contributed by atoms with E-state index in [9.17, 15) is 4.79 Å². The molecule has 1 rings (SSSR count). The summed E-state index contributed by atoms with van der Waals surface area (Å²) in [5, 5.41) is 11.8. The van der Waals surface area contributed by atoms with E-state index in [2.05, 4.69) is 5.32 Å². The Morgan fingerprint density at radius 1 is 1.41 bits per heavy atom. The van der Waals surface area contributed by atoms with Crippen LogP contribution in [0.3, 0.4) is 0 Å². The first-order chi connectivity index (χ1) is 8.19. The number of benzene rings is 1. The number of rotatable bonds is 6. The van der Waals surface area contributed by atoms with Crippen molar-refractivity contribution in [2.24, 2.45) is 0 Å². The van der Waals surface area contributed by atoms with E-state index in [0.717, 1.165) is 17.7 Å². The van der Waals surface area contributed by atoms with Crippen molar-refractivity contribution in [3.8, 4) is 5.75 Å². The molecule has 4 heteroatoms. The Kier molecular flexibility index (Phi) is 5.49. The zero-order valence-corrected chi connectivity index (χ0v) is 10.3. The van der Waals surface area contributed by atoms with E-state index in [1.54, 1.807) is 7.11 Å². The summed E-state index contributed by atoms with van der Waals surface area (Å²) in [6.07, 6.45) is 1.05. The molecule has 0 radical (unpaired) electrons. The summed E-state index contributed by atoms with van der Waals surface area (Å²) in [6.45, 7) is 1.90. The van der Waals surface area contributed by atoms with Crippen LogP contribution < -0.4 is 10.1 Å². The largest absolute Gasteiger partial charge is 0.497 e. The van der Waals surface area contributed by atoms with Crippen molar-refractivity contribution in [3.05, 3.63) is 29.8 Å². The molecular formula is C13H19NO3. The van der Waals surface area contributed by atoms with Gasteiger partial charge in [0.15, 0.2) is 0 Å². The number of carbonyl (C=O) groups is 1. The minimum Gasteiger partial charge on any atom is -0.497 e. The van der Waals surface area contributed by atoms with E-state index < -0.39 is 0 Å². The lowest BCUT2D eigenvalue weighted by molar-refractivity contribution is -0.121. The second-order valence-corrected chi connectivity index (χ2v) is 3.88. The maximum absolute atomic E-state index is 11.6. The van der Waals surface area contributed by atoms with Crippen LogP contribution in [0.15, 0.2) is 24.3 Å². The molecular weight excluding hydrogens is 218 g/mol. The smallest absolute Gasteiger partial charge is 0.224 e. The molecule has 17 heavy (non-hydrogen) atoms. The van der Waals surface area contributed by atoms with E-state index in [0.29, 0.717) is 6.42 Å². The van der Waals surface area contributed by atoms with Crippen LogP contribution in [0.4, 0.5) is 0 Å². The monoisotopic (exact) mass is 237 g/mol. The summed E-state index contributed by atoms with van der Waals surface area (Å²) in [5.74, 6) is 0.701. The third kappa shape index (κ3) is 4.44. The average Bonchev–Trinajstić information content (AvgIpc) is 2.37. The van der Waals surface area contributed by atoms with Crippen LogP contribution in [0.5, 0.6) is 5.75 Å². The predicted molar refractivity (Wildman–Crippen MR) is 66.0 cm³/mol. The molecule has 2 N–H and O–H groups in total. The maximum Gasteiger partial charge on any atom is 0.224 e. The summed E-state index contributed by atoms with van der Waals surface area (Å²) in [6, 6.07) is 7.22. The quantitative estimate of drug-likeness (QED) is 0.779. The molecule has 0 aliphatic carbocycles. The number of aliphatic hydroxyl groups is 1. The summed E-state index contributed by atoms with van der Waals surface area (Å²) < 4.78 is 5.04. The second-order valence-electron chi connectivity index (χ2n) is 3.88. The summed E-state index contributed by atoms with van der Waals surface area (Å²) in [7, 11) is 1.61. The first kappa shape index (κ1) is 13.5. The van der Waals surface area contributed by atoms with E-state index in [4.69, 9.17) is 9.84 Å². The molecule has 0 unspecified atom stereocenters.